The van der Waals surface area contributed by atoms with Gasteiger partial charge in [-0.25, -0.2) is 112 Å². The molecule has 78 heavy (non-hydrogen) atoms. The summed E-state index contributed by atoms with van der Waals surface area (Å²) >= 11 is 0. The molecule has 0 rings (SSSR count). The fraction of sp³-hybridized carbons (Fsp3) is 1.00. The average molecular weight is 1440 g/mol. The Hall–Kier alpha value is 1.54. The Balaban J connectivity index is -0.0000000308. The largest absolute Gasteiger partial charge is 2.00 e. The third-order valence-electron chi connectivity index (χ3n) is 3.67. The molecule has 504 valence electrons. The van der Waals surface area contributed by atoms with E-state index in [2.05, 4.69) is 0 Å². The van der Waals surface area contributed by atoms with Gasteiger partial charge >= 0.3 is 49.5 Å². The second kappa shape index (κ2) is 113. The van der Waals surface area contributed by atoms with Gasteiger partial charge in [0.1, 0.15) is 0 Å². The number of hydrogen-bond acceptors (Lipinski definition) is 42. The molecule has 0 saturated heterocycles. The van der Waals surface area contributed by atoms with E-state index in [1.165, 1.54) is 0 Å². The van der Waals surface area contributed by atoms with Gasteiger partial charge in [-0.2, -0.15) is 0 Å². The second-order valence-corrected chi connectivity index (χ2v) is 15.2. The van der Waals surface area contributed by atoms with Crippen LogP contribution in [0.4, 0.5) is 0 Å². The van der Waals surface area contributed by atoms with E-state index in [0.29, 0.717) is 0 Å². The molecule has 0 spiro atoms. The molecular formula is C27H90Cl6N18Ni3O24. The number of rotatable bonds is 18. The number of halogens is 6. The van der Waals surface area contributed by atoms with Crippen LogP contribution in [0, 0.1) is 61.5 Å². The van der Waals surface area contributed by atoms with Gasteiger partial charge in [-0.1, -0.05) is 0 Å². The van der Waals surface area contributed by atoms with Gasteiger partial charge in [0.2, 0.25) is 0 Å². The van der Waals surface area contributed by atoms with E-state index in [9.17, 15) is 0 Å². The third kappa shape index (κ3) is 1190. The molecule has 36 N–H and O–H groups in total. The Bertz CT molecular complexity index is 620. The Morgan fingerprint density at radius 1 is 0.128 bits per heavy atom. The number of nitrogens with two attached hydrogens (primary N) is 18. The molecule has 0 aromatic carbocycles. The second-order valence-electron chi connectivity index (χ2n) is 10.6. The van der Waals surface area contributed by atoms with Gasteiger partial charge in [-0.3, -0.25) is 0 Å². The van der Waals surface area contributed by atoms with Crippen LogP contribution < -0.4 is 215 Å². The van der Waals surface area contributed by atoms with E-state index >= 15 is 0 Å². The molecule has 0 amide bonds. The van der Waals surface area contributed by atoms with Crippen molar-refractivity contribution in [1.29, 1.82) is 0 Å². The topological polar surface area (TPSA) is 1020 Å². The van der Waals surface area contributed by atoms with E-state index in [0.717, 1.165) is 176 Å². The SMILES string of the molecule is NCCCN.NCCCN.NCCCN.NCCCN.NCCCN.NCCCN.NCCCN.NCCCN.NCCCN.[Ni+2].[Ni+2].[Ni+2].[O-][Cl+3]([O-])([O-])[O-].[O-][Cl+3]([O-])([O-])[O-].[O-][Cl+3]([O-])([O-])[O-].[O-][Cl+3]([O-])([O-])[O-].[O-][Cl+3]([O-])([O-])[O-].[O-][Cl+3]([O-])([O-])[O-]. The molecule has 0 radical (unpaired) electrons. The van der Waals surface area contributed by atoms with Crippen molar-refractivity contribution < 1.29 is 223 Å². The van der Waals surface area contributed by atoms with Crippen LogP contribution in [0.1, 0.15) is 57.8 Å². The van der Waals surface area contributed by atoms with Crippen LogP contribution >= 0.6 is 0 Å². The van der Waals surface area contributed by atoms with Crippen LogP contribution in [0.2, 0.25) is 0 Å². The molecular weight excluding hydrogens is 1350 g/mol. The summed E-state index contributed by atoms with van der Waals surface area (Å²) < 4.78 is 204. The fourth-order valence-corrected chi connectivity index (χ4v) is 1.06. The molecule has 0 fully saturated rings. The molecule has 0 atom stereocenters. The van der Waals surface area contributed by atoms with Gasteiger partial charge in [0.05, 0.1) is 0 Å². The Morgan fingerprint density at radius 2 is 0.154 bits per heavy atom. The normalized spacial score (nSPS) is 9.46. The van der Waals surface area contributed by atoms with Gasteiger partial charge in [0, 0.05) is 0 Å². The first kappa shape index (κ1) is 130. The van der Waals surface area contributed by atoms with Crippen molar-refractivity contribution in [3.05, 3.63) is 0 Å². The monoisotopic (exact) mass is 1430 g/mol. The minimum absolute atomic E-state index is 0. The van der Waals surface area contributed by atoms with Gasteiger partial charge in [0.15, 0.2) is 0 Å². The zero-order chi connectivity index (χ0) is 64.1. The standard InChI is InChI=1S/9C3H10N2.6ClHO4.3Ni/c9*4-2-1-3-5;6*2-1(3,4)5;;;/h9*1-5H2;6*(H,2,3,4,5);;;/q;;;;;;;;;;;;;;;3*+2/p-6. The molecule has 42 nitrogen and oxygen atoms in total. The average Bonchev–Trinajstić information content (AvgIpc) is 3.19. The van der Waals surface area contributed by atoms with Crippen molar-refractivity contribution in [2.45, 2.75) is 57.8 Å². The first-order valence-electron chi connectivity index (χ1n) is 20.1. The summed E-state index contributed by atoms with van der Waals surface area (Å²) in [4.78, 5) is 0. The smallest absolute Gasteiger partial charge is 0.330 e. The first-order valence-corrected chi connectivity index (χ1v) is 27.5. The van der Waals surface area contributed by atoms with E-state index in [1.54, 1.807) is 0 Å². The zero-order valence-corrected chi connectivity index (χ0v) is 50.0. The van der Waals surface area contributed by atoms with Crippen molar-refractivity contribution in [3.8, 4) is 0 Å². The van der Waals surface area contributed by atoms with Crippen molar-refractivity contribution in [1.82, 2.24) is 0 Å². The molecule has 51 heteroatoms. The Kier molecular flexibility index (Phi) is 188. The maximum Gasteiger partial charge on any atom is 2.00 e. The first-order chi connectivity index (χ1) is 33.7. The maximum atomic E-state index is 8.49. The van der Waals surface area contributed by atoms with Gasteiger partial charge < -0.3 is 103 Å². The van der Waals surface area contributed by atoms with Crippen molar-refractivity contribution in [3.63, 3.8) is 0 Å². The zero-order valence-electron chi connectivity index (χ0n) is 42.5. The summed E-state index contributed by atoms with van der Waals surface area (Å²) in [5.41, 5.74) is 91.1. The summed E-state index contributed by atoms with van der Waals surface area (Å²) in [7, 11) is -29.7. The molecule has 0 aliphatic rings. The van der Waals surface area contributed by atoms with Crippen LogP contribution in [0.25, 0.3) is 0 Å². The number of hydrogen-bond donors (Lipinski definition) is 18. The van der Waals surface area contributed by atoms with E-state index in [-0.39, 0.29) is 49.5 Å². The Morgan fingerprint density at radius 3 is 0.154 bits per heavy atom. The van der Waals surface area contributed by atoms with E-state index < -0.39 is 61.5 Å². The van der Waals surface area contributed by atoms with Gasteiger partial charge in [-0.05, 0) is 176 Å². The minimum atomic E-state index is -4.94. The van der Waals surface area contributed by atoms with E-state index in [1.807, 2.05) is 0 Å². The summed E-state index contributed by atoms with van der Waals surface area (Å²) in [5, 5.41) is 0. The summed E-state index contributed by atoms with van der Waals surface area (Å²) in [6.45, 7) is 12.9. The van der Waals surface area contributed by atoms with Gasteiger partial charge in [0.25, 0.3) is 0 Å². The summed E-state index contributed by atoms with van der Waals surface area (Å²) in [6.07, 6.45) is 8.50. The molecule has 0 aliphatic carbocycles. The summed E-state index contributed by atoms with van der Waals surface area (Å²) in [6, 6.07) is 0. The van der Waals surface area contributed by atoms with Crippen molar-refractivity contribution in [2.24, 2.45) is 103 Å². The predicted octanol–water partition coefficient (Wildman–Crippen LogP) is -34.9. The summed E-state index contributed by atoms with van der Waals surface area (Å²) in [5.74, 6) is 0. The van der Waals surface area contributed by atoms with Crippen molar-refractivity contribution >= 4 is 0 Å². The molecule has 0 heterocycles. The molecule has 0 bridgehead atoms. The van der Waals surface area contributed by atoms with Crippen molar-refractivity contribution in [2.75, 3.05) is 118 Å². The fourth-order valence-electron chi connectivity index (χ4n) is 1.06. The van der Waals surface area contributed by atoms with Crippen LogP contribution in [0.15, 0.2) is 0 Å². The van der Waals surface area contributed by atoms with Crippen LogP contribution in [-0.4, -0.2) is 118 Å². The molecule has 0 aromatic heterocycles. The maximum absolute atomic E-state index is 8.49. The molecule has 0 aliphatic heterocycles. The Labute approximate surface area is 498 Å². The van der Waals surface area contributed by atoms with Crippen LogP contribution in [0.3, 0.4) is 0 Å². The third-order valence-corrected chi connectivity index (χ3v) is 3.67. The minimum Gasteiger partial charge on any atom is -0.330 e. The van der Waals surface area contributed by atoms with E-state index in [4.69, 9.17) is 215 Å². The van der Waals surface area contributed by atoms with Gasteiger partial charge in [-0.15, -0.1) is 61.5 Å². The predicted molar refractivity (Wildman–Crippen MR) is 205 cm³/mol. The van der Waals surface area contributed by atoms with Crippen LogP contribution in [-0.2, 0) is 49.5 Å². The molecule has 0 aromatic rings. The molecule has 0 saturated carbocycles. The van der Waals surface area contributed by atoms with Crippen LogP contribution in [0.5, 0.6) is 0 Å². The molecule has 0 unspecified atom stereocenters. The quantitative estimate of drug-likeness (QED) is 0.0567.